The smallest absolute Gasteiger partial charge is 0.123 e. The fraction of sp³-hybridized carbons (Fsp3) is 0.647. The molecule has 1 fully saturated rings. The average Bonchev–Trinajstić information content (AvgIpc) is 2.47. The highest BCUT2D eigenvalue weighted by Crippen LogP contribution is 2.25. The molecular weight excluding hydrogens is 266 g/mol. The first-order chi connectivity index (χ1) is 10.2. The van der Waals surface area contributed by atoms with Crippen LogP contribution in [0.15, 0.2) is 18.2 Å². The zero-order chi connectivity index (χ0) is 15.1. The van der Waals surface area contributed by atoms with Crippen LogP contribution in [0.4, 0.5) is 0 Å². The van der Waals surface area contributed by atoms with Gasteiger partial charge in [-0.2, -0.15) is 0 Å². The van der Waals surface area contributed by atoms with Gasteiger partial charge in [-0.25, -0.2) is 0 Å². The van der Waals surface area contributed by atoms with Gasteiger partial charge in [-0.3, -0.25) is 0 Å². The number of rotatable bonds is 7. The number of ether oxygens (including phenoxy) is 1. The molecule has 21 heavy (non-hydrogen) atoms. The molecule has 2 unspecified atom stereocenters. The summed E-state index contributed by atoms with van der Waals surface area (Å²) < 4.78 is 5.49. The van der Waals surface area contributed by atoms with Crippen LogP contribution in [0.5, 0.6) is 11.5 Å². The summed E-state index contributed by atoms with van der Waals surface area (Å²) in [6.45, 7) is 4.26. The Morgan fingerprint density at radius 1 is 1.33 bits per heavy atom. The van der Waals surface area contributed by atoms with Gasteiger partial charge in [-0.15, -0.1) is 0 Å². The molecule has 4 heteroatoms. The molecule has 3 N–H and O–H groups in total. The van der Waals surface area contributed by atoms with Crippen molar-refractivity contribution in [2.24, 2.45) is 5.92 Å². The van der Waals surface area contributed by atoms with E-state index in [9.17, 15) is 10.2 Å². The normalized spacial score (nSPS) is 22.2. The molecule has 0 heterocycles. The average molecular weight is 293 g/mol. The molecule has 2 atom stereocenters. The highest BCUT2D eigenvalue weighted by Gasteiger charge is 2.19. The number of benzene rings is 1. The van der Waals surface area contributed by atoms with E-state index in [0.717, 1.165) is 37.8 Å². The lowest BCUT2D eigenvalue weighted by molar-refractivity contribution is 0.101. The van der Waals surface area contributed by atoms with Crippen LogP contribution in [0, 0.1) is 5.92 Å². The minimum Gasteiger partial charge on any atom is -0.507 e. The van der Waals surface area contributed by atoms with Gasteiger partial charge in [0.1, 0.15) is 11.5 Å². The Hall–Kier alpha value is -1.26. The van der Waals surface area contributed by atoms with Crippen LogP contribution in [0.25, 0.3) is 0 Å². The zero-order valence-electron chi connectivity index (χ0n) is 12.8. The molecule has 4 nitrogen and oxygen atoms in total. The van der Waals surface area contributed by atoms with Gasteiger partial charge >= 0.3 is 0 Å². The molecule has 118 valence electrons. The van der Waals surface area contributed by atoms with Crippen molar-refractivity contribution < 1.29 is 14.9 Å². The second-order valence-electron chi connectivity index (χ2n) is 5.96. The van der Waals surface area contributed by atoms with E-state index in [2.05, 4.69) is 12.2 Å². The van der Waals surface area contributed by atoms with E-state index in [0.29, 0.717) is 24.8 Å². The summed E-state index contributed by atoms with van der Waals surface area (Å²) in [6, 6.07) is 5.48. The fourth-order valence-electron chi connectivity index (χ4n) is 2.86. The van der Waals surface area contributed by atoms with Crippen molar-refractivity contribution in [3.05, 3.63) is 23.8 Å². The van der Waals surface area contributed by atoms with E-state index in [1.807, 2.05) is 12.1 Å². The maximum atomic E-state index is 10.0. The van der Waals surface area contributed by atoms with Crippen LogP contribution in [-0.4, -0.2) is 29.5 Å². The zero-order valence-corrected chi connectivity index (χ0v) is 12.8. The second kappa shape index (κ2) is 8.25. The van der Waals surface area contributed by atoms with Gasteiger partial charge < -0.3 is 20.3 Å². The Labute approximate surface area is 127 Å². The van der Waals surface area contributed by atoms with Gasteiger partial charge in [-0.1, -0.05) is 19.4 Å². The van der Waals surface area contributed by atoms with Crippen LogP contribution in [0.2, 0.25) is 0 Å². The predicted molar refractivity (Wildman–Crippen MR) is 83.6 cm³/mol. The Bertz CT molecular complexity index is 436. The highest BCUT2D eigenvalue weighted by atomic mass is 16.5. The third kappa shape index (κ3) is 5.21. The van der Waals surface area contributed by atoms with Crippen molar-refractivity contribution in [3.8, 4) is 11.5 Å². The summed E-state index contributed by atoms with van der Waals surface area (Å²) in [5.41, 5.74) is 0.884. The Morgan fingerprint density at radius 3 is 2.90 bits per heavy atom. The number of phenols is 1. The Morgan fingerprint density at radius 2 is 2.19 bits per heavy atom. The van der Waals surface area contributed by atoms with Gasteiger partial charge in [0, 0.05) is 18.2 Å². The number of aromatic hydroxyl groups is 1. The van der Waals surface area contributed by atoms with E-state index >= 15 is 0 Å². The molecule has 0 aliphatic heterocycles. The molecule has 0 aromatic heterocycles. The number of phenolic OH excluding ortho intramolecular Hbond substituents is 1. The summed E-state index contributed by atoms with van der Waals surface area (Å²) >= 11 is 0. The molecule has 2 rings (SSSR count). The standard InChI is InChI=1S/C17H27NO3/c1-2-8-21-16-7-6-14(17(20)10-16)12-18-11-13-4-3-5-15(19)9-13/h6-7,10,13,15,18-20H,2-5,8-9,11-12H2,1H3. The lowest BCUT2D eigenvalue weighted by Crippen LogP contribution is -2.28. The summed E-state index contributed by atoms with van der Waals surface area (Å²) in [6.07, 6.45) is 4.95. The SMILES string of the molecule is CCCOc1ccc(CNCC2CCCC(O)C2)c(O)c1. The lowest BCUT2D eigenvalue weighted by atomic mass is 9.87. The Kier molecular flexibility index (Phi) is 6.33. The summed E-state index contributed by atoms with van der Waals surface area (Å²) in [5.74, 6) is 1.54. The fourth-order valence-corrected chi connectivity index (χ4v) is 2.86. The van der Waals surface area contributed by atoms with Crippen molar-refractivity contribution in [1.82, 2.24) is 5.32 Å². The maximum Gasteiger partial charge on any atom is 0.123 e. The van der Waals surface area contributed by atoms with Crippen molar-refractivity contribution in [1.29, 1.82) is 0 Å². The quantitative estimate of drug-likeness (QED) is 0.723. The van der Waals surface area contributed by atoms with Crippen LogP contribution in [-0.2, 0) is 6.54 Å². The van der Waals surface area contributed by atoms with Crippen LogP contribution >= 0.6 is 0 Å². The van der Waals surface area contributed by atoms with E-state index < -0.39 is 0 Å². The second-order valence-corrected chi connectivity index (χ2v) is 5.96. The minimum absolute atomic E-state index is 0.131. The number of hydrogen-bond donors (Lipinski definition) is 3. The number of aliphatic hydroxyl groups is 1. The summed E-state index contributed by atoms with van der Waals surface area (Å²) in [5, 5.41) is 23.1. The molecule has 0 spiro atoms. The van der Waals surface area contributed by atoms with E-state index in [4.69, 9.17) is 4.74 Å². The lowest BCUT2D eigenvalue weighted by Gasteiger charge is -2.26. The summed E-state index contributed by atoms with van der Waals surface area (Å²) in [4.78, 5) is 0. The molecule has 1 aliphatic carbocycles. The first-order valence-electron chi connectivity index (χ1n) is 8.02. The van der Waals surface area contributed by atoms with E-state index in [1.54, 1.807) is 6.07 Å². The maximum absolute atomic E-state index is 10.0. The third-order valence-electron chi connectivity index (χ3n) is 4.03. The van der Waals surface area contributed by atoms with Gasteiger partial charge in [0.2, 0.25) is 0 Å². The van der Waals surface area contributed by atoms with E-state index in [-0.39, 0.29) is 11.9 Å². The number of nitrogens with one attached hydrogen (secondary N) is 1. The molecule has 0 amide bonds. The van der Waals surface area contributed by atoms with Crippen LogP contribution < -0.4 is 10.1 Å². The number of aliphatic hydroxyl groups excluding tert-OH is 1. The largest absolute Gasteiger partial charge is 0.507 e. The van der Waals surface area contributed by atoms with Gasteiger partial charge in [0.05, 0.1) is 12.7 Å². The number of hydrogen-bond acceptors (Lipinski definition) is 4. The molecule has 0 bridgehead atoms. The molecule has 1 aromatic carbocycles. The van der Waals surface area contributed by atoms with Crippen molar-refractivity contribution in [2.75, 3.05) is 13.2 Å². The molecule has 0 saturated heterocycles. The van der Waals surface area contributed by atoms with E-state index in [1.165, 1.54) is 6.42 Å². The van der Waals surface area contributed by atoms with Gasteiger partial charge in [0.25, 0.3) is 0 Å². The first-order valence-corrected chi connectivity index (χ1v) is 8.02. The van der Waals surface area contributed by atoms with Gasteiger partial charge in [-0.05, 0) is 44.2 Å². The highest BCUT2D eigenvalue weighted by molar-refractivity contribution is 5.39. The Balaban J connectivity index is 1.77. The monoisotopic (exact) mass is 293 g/mol. The van der Waals surface area contributed by atoms with Gasteiger partial charge in [0.15, 0.2) is 0 Å². The molecule has 0 radical (unpaired) electrons. The predicted octanol–water partition coefficient (Wildman–Crippen LogP) is 2.82. The third-order valence-corrected chi connectivity index (χ3v) is 4.03. The first kappa shape index (κ1) is 16.1. The van der Waals surface area contributed by atoms with Crippen LogP contribution in [0.3, 0.4) is 0 Å². The topological polar surface area (TPSA) is 61.7 Å². The van der Waals surface area contributed by atoms with Crippen molar-refractivity contribution in [2.45, 2.75) is 51.7 Å². The molecule has 1 aliphatic rings. The minimum atomic E-state index is -0.131. The van der Waals surface area contributed by atoms with Crippen LogP contribution in [0.1, 0.15) is 44.6 Å². The van der Waals surface area contributed by atoms with Crippen molar-refractivity contribution in [3.63, 3.8) is 0 Å². The molecule has 1 aromatic rings. The molecule has 1 saturated carbocycles. The summed E-state index contributed by atoms with van der Waals surface area (Å²) in [7, 11) is 0. The molecular formula is C17H27NO3. The van der Waals surface area contributed by atoms with Crippen molar-refractivity contribution >= 4 is 0 Å².